The summed E-state index contributed by atoms with van der Waals surface area (Å²) >= 11 is 0. The van der Waals surface area contributed by atoms with E-state index in [1.165, 1.54) is 0 Å². The van der Waals surface area contributed by atoms with Crippen LogP contribution in [0.15, 0.2) is 0 Å². The quantitative estimate of drug-likeness (QED) is 0.0214. The first-order chi connectivity index (χ1) is 36.0. The van der Waals surface area contributed by atoms with Crippen LogP contribution in [0, 0.1) is 0 Å². The predicted molar refractivity (Wildman–Crippen MR) is 287 cm³/mol. The summed E-state index contributed by atoms with van der Waals surface area (Å²) in [5, 5.41) is 76.1. The lowest BCUT2D eigenvalue weighted by molar-refractivity contribution is -0.100. The molecule has 8 N–H and O–H groups in total. The van der Waals surface area contributed by atoms with Gasteiger partial charge < -0.3 is 103 Å². The summed E-state index contributed by atoms with van der Waals surface area (Å²) in [5.41, 5.74) is 0. The first-order valence-electron chi connectivity index (χ1n) is 27.2. The Morgan fingerprint density at radius 2 is 0.480 bits per heavy atom. The van der Waals surface area contributed by atoms with Crippen molar-refractivity contribution >= 4 is 0 Å². The van der Waals surface area contributed by atoms with Crippen molar-refractivity contribution in [2.75, 3.05) is 265 Å². The van der Waals surface area contributed by atoms with E-state index in [9.17, 15) is 40.9 Å². The van der Waals surface area contributed by atoms with Gasteiger partial charge in [-0.25, -0.2) is 0 Å². The normalized spacial score (nSPS) is 14.7. The largest absolute Gasteiger partial charge is 0.394 e. The van der Waals surface area contributed by atoms with Crippen LogP contribution in [0.5, 0.6) is 0 Å². The van der Waals surface area contributed by atoms with Gasteiger partial charge >= 0.3 is 0 Å². The van der Waals surface area contributed by atoms with E-state index in [0.29, 0.717) is 158 Å². The van der Waals surface area contributed by atoms with Gasteiger partial charge in [0.2, 0.25) is 0 Å². The molecule has 0 fully saturated rings. The third kappa shape index (κ3) is 48.6. The summed E-state index contributed by atoms with van der Waals surface area (Å²) in [4.78, 5) is 18.0. The standard InChI is InChI=1S/C50H110N8O17/c1-45(63)71-33-21-57(22-34-72-46(2)64)15-11-53(7)43-50(44-54(8)12-16-58(23-35-73-47(3)65)24-36-74-48(4)66)75-49(41-51(5)9-13-55(17-29-67-37-25-59)18-30-68-38-26-60)42-52(6)10-14-56(19-31-69-39-27-61)20-32-70-40-28-62/h45-50,59-66H,9-44H2,1-8H3. The minimum Gasteiger partial charge on any atom is -0.394 e. The first-order valence-corrected chi connectivity index (χ1v) is 27.2. The number of ether oxygens (including phenoxy) is 9. The summed E-state index contributed by atoms with van der Waals surface area (Å²) in [6.45, 7) is 23.5. The third-order valence-corrected chi connectivity index (χ3v) is 11.9. The van der Waals surface area contributed by atoms with Gasteiger partial charge in [0.25, 0.3) is 0 Å². The van der Waals surface area contributed by atoms with Gasteiger partial charge in [-0.05, 0) is 55.9 Å². The van der Waals surface area contributed by atoms with Gasteiger partial charge in [-0.15, -0.1) is 0 Å². The Balaban J connectivity index is 6.72. The van der Waals surface area contributed by atoms with Crippen LogP contribution >= 0.6 is 0 Å². The summed E-state index contributed by atoms with van der Waals surface area (Å²) < 4.78 is 51.6. The van der Waals surface area contributed by atoms with E-state index >= 15 is 0 Å². The van der Waals surface area contributed by atoms with E-state index < -0.39 is 25.2 Å². The second-order valence-electron chi connectivity index (χ2n) is 19.0. The van der Waals surface area contributed by atoms with Crippen LogP contribution in [0.3, 0.4) is 0 Å². The lowest BCUT2D eigenvalue weighted by Crippen LogP contribution is -2.49. The fourth-order valence-electron chi connectivity index (χ4n) is 7.76. The second kappa shape index (κ2) is 51.2. The highest BCUT2D eigenvalue weighted by Crippen LogP contribution is 2.10. The maximum atomic E-state index is 9.75. The van der Waals surface area contributed by atoms with Crippen molar-refractivity contribution in [2.24, 2.45) is 0 Å². The van der Waals surface area contributed by atoms with Crippen LogP contribution in [-0.2, 0) is 42.6 Å². The highest BCUT2D eigenvalue weighted by atomic mass is 16.6. The molecule has 0 saturated heterocycles. The SMILES string of the molecule is CC(O)OCCN(CCOC(C)O)CCN(C)CC(CN(C)CCN(CCOC(C)O)CCOC(C)O)OC(CN(C)CCN(CCOCCO)CCOCCO)CN(C)CCN(CCOCCO)CCOCCO. The Labute approximate surface area is 451 Å². The zero-order chi connectivity index (χ0) is 55.9. The molecule has 0 radical (unpaired) electrons. The third-order valence-electron chi connectivity index (χ3n) is 11.9. The molecule has 0 rings (SSSR count). The van der Waals surface area contributed by atoms with Crippen molar-refractivity contribution in [3.05, 3.63) is 0 Å². The fraction of sp³-hybridized carbons (Fsp3) is 1.00. The maximum absolute atomic E-state index is 9.75. The summed E-state index contributed by atoms with van der Waals surface area (Å²) in [7, 11) is 8.36. The van der Waals surface area contributed by atoms with E-state index in [0.717, 1.165) is 26.2 Å². The van der Waals surface area contributed by atoms with Gasteiger partial charge in [0.15, 0.2) is 25.2 Å². The Morgan fingerprint density at radius 3 is 0.667 bits per heavy atom. The molecule has 0 spiro atoms. The Bertz CT molecular complexity index is 1070. The minimum atomic E-state index is -0.882. The molecule has 4 atom stereocenters. The van der Waals surface area contributed by atoms with Crippen LogP contribution in [0.4, 0.5) is 0 Å². The zero-order valence-electron chi connectivity index (χ0n) is 47.7. The van der Waals surface area contributed by atoms with E-state index in [2.05, 4.69) is 67.4 Å². The van der Waals surface area contributed by atoms with E-state index in [1.54, 1.807) is 27.7 Å². The first kappa shape index (κ1) is 74.0. The molecule has 0 amide bonds. The number of likely N-dealkylation sites (N-methyl/N-ethyl adjacent to an activating group) is 4. The second-order valence-corrected chi connectivity index (χ2v) is 19.0. The van der Waals surface area contributed by atoms with Crippen LogP contribution in [0.1, 0.15) is 27.7 Å². The van der Waals surface area contributed by atoms with E-state index in [1.807, 2.05) is 0 Å². The molecule has 25 nitrogen and oxygen atoms in total. The number of aliphatic hydroxyl groups excluding tert-OH is 8. The lowest BCUT2D eigenvalue weighted by Gasteiger charge is -2.36. The molecule has 452 valence electrons. The van der Waals surface area contributed by atoms with Gasteiger partial charge in [0.05, 0.1) is 118 Å². The molecular weight excluding hydrogens is 985 g/mol. The Morgan fingerprint density at radius 1 is 0.280 bits per heavy atom. The highest BCUT2D eigenvalue weighted by Gasteiger charge is 2.24. The van der Waals surface area contributed by atoms with Crippen molar-refractivity contribution in [1.82, 2.24) is 39.2 Å². The van der Waals surface area contributed by atoms with Crippen LogP contribution in [-0.4, -0.2) is 382 Å². The average molecular weight is 1100 g/mol. The molecule has 0 aliphatic rings. The van der Waals surface area contributed by atoms with Crippen molar-refractivity contribution in [3.63, 3.8) is 0 Å². The van der Waals surface area contributed by atoms with Crippen LogP contribution < -0.4 is 0 Å². The van der Waals surface area contributed by atoms with Gasteiger partial charge in [-0.1, -0.05) is 0 Å². The van der Waals surface area contributed by atoms with E-state index in [4.69, 9.17) is 42.6 Å². The smallest absolute Gasteiger partial charge is 0.151 e. The molecule has 0 heterocycles. The monoisotopic (exact) mass is 1090 g/mol. The van der Waals surface area contributed by atoms with Crippen molar-refractivity contribution in [3.8, 4) is 0 Å². The van der Waals surface area contributed by atoms with Gasteiger partial charge in [0, 0.05) is 131 Å². The number of hydrogen-bond donors (Lipinski definition) is 8. The average Bonchev–Trinajstić information content (AvgIpc) is 3.34. The highest BCUT2D eigenvalue weighted by molar-refractivity contribution is 4.77. The summed E-state index contributed by atoms with van der Waals surface area (Å²) in [6.07, 6.45) is -4.00. The molecule has 0 aromatic carbocycles. The summed E-state index contributed by atoms with van der Waals surface area (Å²) in [6, 6.07) is 0. The molecule has 0 aromatic heterocycles. The summed E-state index contributed by atoms with van der Waals surface area (Å²) in [5.74, 6) is 0. The van der Waals surface area contributed by atoms with Gasteiger partial charge in [-0.3, -0.25) is 19.6 Å². The molecule has 0 aromatic rings. The molecule has 0 aliphatic carbocycles. The number of rotatable bonds is 58. The Kier molecular flexibility index (Phi) is 50.5. The topological polar surface area (TPSA) is 271 Å². The number of nitrogens with zero attached hydrogens (tertiary/aromatic N) is 8. The van der Waals surface area contributed by atoms with Crippen LogP contribution in [0.25, 0.3) is 0 Å². The van der Waals surface area contributed by atoms with Crippen molar-refractivity contribution < 1.29 is 83.5 Å². The number of hydrogen-bond acceptors (Lipinski definition) is 25. The number of aliphatic hydroxyl groups is 8. The van der Waals surface area contributed by atoms with Crippen molar-refractivity contribution in [1.29, 1.82) is 0 Å². The minimum absolute atomic E-state index is 0.0429. The van der Waals surface area contributed by atoms with Crippen molar-refractivity contribution in [2.45, 2.75) is 65.1 Å². The maximum Gasteiger partial charge on any atom is 0.151 e. The molecule has 25 heteroatoms. The molecule has 4 unspecified atom stereocenters. The molecule has 0 saturated carbocycles. The lowest BCUT2D eigenvalue weighted by atomic mass is 10.2. The van der Waals surface area contributed by atoms with Gasteiger partial charge in [-0.2, -0.15) is 0 Å². The molecular formula is C50H110N8O17. The van der Waals surface area contributed by atoms with Crippen LogP contribution in [0.2, 0.25) is 0 Å². The van der Waals surface area contributed by atoms with E-state index in [-0.39, 0.29) is 65.1 Å². The molecule has 0 aliphatic heterocycles. The fourth-order valence-corrected chi connectivity index (χ4v) is 7.76. The molecule has 0 bridgehead atoms. The van der Waals surface area contributed by atoms with Gasteiger partial charge in [0.1, 0.15) is 0 Å². The molecule has 75 heavy (non-hydrogen) atoms. The zero-order valence-corrected chi connectivity index (χ0v) is 47.7. The predicted octanol–water partition coefficient (Wildman–Crippen LogP) is -3.87. The Hall–Kier alpha value is -1.00.